The predicted molar refractivity (Wildman–Crippen MR) is 122 cm³/mol. The molecular weight excluding hydrogens is 468 g/mol. The molecule has 0 saturated carbocycles. The molecule has 3 heterocycles. The fourth-order valence-electron chi connectivity index (χ4n) is 4.02. The Morgan fingerprint density at radius 3 is 2.60 bits per heavy atom. The van der Waals surface area contributed by atoms with Crippen LogP contribution in [-0.2, 0) is 10.0 Å². The summed E-state index contributed by atoms with van der Waals surface area (Å²) in [5, 5.41) is 7.39. The van der Waals surface area contributed by atoms with Gasteiger partial charge < -0.3 is 5.32 Å². The molecule has 30 heavy (non-hydrogen) atoms. The molecule has 1 unspecified atom stereocenters. The number of nitrogens with zero attached hydrogens (tertiary/aromatic N) is 3. The topological polar surface area (TPSA) is 83.8 Å². The molecule has 9 heteroatoms. The van der Waals surface area contributed by atoms with Gasteiger partial charge in [-0.2, -0.15) is 5.10 Å². The molecule has 7 nitrogen and oxygen atoms in total. The summed E-state index contributed by atoms with van der Waals surface area (Å²) in [6, 6.07) is 9.51. The lowest BCUT2D eigenvalue weighted by atomic mass is 9.96. The Bertz CT molecular complexity index is 1240. The van der Waals surface area contributed by atoms with E-state index in [0.29, 0.717) is 29.0 Å². The van der Waals surface area contributed by atoms with Crippen LogP contribution in [0.15, 0.2) is 41.0 Å². The van der Waals surface area contributed by atoms with Crippen molar-refractivity contribution in [1.29, 1.82) is 0 Å². The summed E-state index contributed by atoms with van der Waals surface area (Å²) in [4.78, 5) is 12.8. The van der Waals surface area contributed by atoms with Crippen LogP contribution in [0.5, 0.6) is 0 Å². The van der Waals surface area contributed by atoms with Gasteiger partial charge in [0.2, 0.25) is 10.0 Å². The van der Waals surface area contributed by atoms with Crippen LogP contribution in [0.1, 0.15) is 41.6 Å². The molecule has 2 aromatic heterocycles. The van der Waals surface area contributed by atoms with Crippen molar-refractivity contribution in [3.8, 4) is 11.3 Å². The maximum Gasteiger partial charge on any atom is 0.255 e. The van der Waals surface area contributed by atoms with Gasteiger partial charge in [-0.25, -0.2) is 12.9 Å². The van der Waals surface area contributed by atoms with Crippen LogP contribution < -0.4 is 9.62 Å². The van der Waals surface area contributed by atoms with Gasteiger partial charge in [0.1, 0.15) is 5.69 Å². The van der Waals surface area contributed by atoms with Gasteiger partial charge in [-0.3, -0.25) is 9.10 Å². The van der Waals surface area contributed by atoms with Crippen LogP contribution in [0.25, 0.3) is 16.8 Å². The molecule has 0 radical (unpaired) electrons. The third kappa shape index (κ3) is 3.60. The van der Waals surface area contributed by atoms with Crippen molar-refractivity contribution < 1.29 is 13.2 Å². The third-order valence-electron chi connectivity index (χ3n) is 5.55. The number of aromatic nitrogens is 2. The number of pyridine rings is 1. The smallest absolute Gasteiger partial charge is 0.255 e. The summed E-state index contributed by atoms with van der Waals surface area (Å²) in [7, 11) is -1.84. The van der Waals surface area contributed by atoms with E-state index in [1.807, 2.05) is 30.3 Å². The van der Waals surface area contributed by atoms with Crippen LogP contribution in [0.3, 0.4) is 0 Å². The summed E-state index contributed by atoms with van der Waals surface area (Å²) in [5.74, 6) is -0.0653. The maximum atomic E-state index is 12.8. The van der Waals surface area contributed by atoms with Gasteiger partial charge in [0.25, 0.3) is 5.91 Å². The monoisotopic (exact) mass is 490 g/mol. The first-order chi connectivity index (χ1) is 14.2. The highest BCUT2D eigenvalue weighted by Gasteiger charge is 2.29. The van der Waals surface area contributed by atoms with Crippen molar-refractivity contribution in [2.24, 2.45) is 0 Å². The molecule has 1 aliphatic rings. The highest BCUT2D eigenvalue weighted by atomic mass is 79.9. The highest BCUT2D eigenvalue weighted by molar-refractivity contribution is 9.10. The molecule has 1 atom stereocenters. The van der Waals surface area contributed by atoms with Crippen LogP contribution in [-0.4, -0.2) is 43.8 Å². The lowest BCUT2D eigenvalue weighted by molar-refractivity contribution is 0.0965. The molecule has 0 bridgehead atoms. The van der Waals surface area contributed by atoms with Crippen LogP contribution >= 0.6 is 15.9 Å². The molecule has 0 aliphatic carbocycles. The van der Waals surface area contributed by atoms with Crippen LogP contribution in [0, 0.1) is 0 Å². The average Bonchev–Trinajstić information content (AvgIpc) is 2.98. The van der Waals surface area contributed by atoms with Crippen molar-refractivity contribution in [2.75, 3.05) is 24.2 Å². The maximum absolute atomic E-state index is 12.8. The molecular formula is C21H23BrN4O3S. The zero-order chi connectivity index (χ0) is 21.6. The molecule has 3 aromatic rings. The molecule has 158 valence electrons. The van der Waals surface area contributed by atoms with E-state index in [2.05, 4.69) is 33.3 Å². The fourth-order valence-corrected chi connectivity index (χ4v) is 5.25. The van der Waals surface area contributed by atoms with Gasteiger partial charge in [-0.05, 0) is 42.5 Å². The summed E-state index contributed by atoms with van der Waals surface area (Å²) < 4.78 is 28.9. The molecule has 1 aliphatic heterocycles. The fraction of sp³-hybridized carbons (Fsp3) is 0.333. The number of fused-ring (bicyclic) bond motifs is 2. The quantitative estimate of drug-likeness (QED) is 0.605. The number of amides is 1. The first-order valence-corrected chi connectivity index (χ1v) is 12.4. The highest BCUT2D eigenvalue weighted by Crippen LogP contribution is 2.38. The summed E-state index contributed by atoms with van der Waals surface area (Å²) in [6.45, 7) is 2.53. The van der Waals surface area contributed by atoms with E-state index in [9.17, 15) is 13.2 Å². The second-order valence-electron chi connectivity index (χ2n) is 7.63. The van der Waals surface area contributed by atoms with E-state index in [0.717, 1.165) is 28.4 Å². The number of carbonyl (C=O) groups excluding carboxylic acids is 1. The van der Waals surface area contributed by atoms with E-state index in [1.54, 1.807) is 17.8 Å². The van der Waals surface area contributed by atoms with Gasteiger partial charge in [0.05, 0.1) is 29.2 Å². The second kappa shape index (κ2) is 7.70. The molecule has 4 rings (SSSR count). The normalized spacial score (nSPS) is 16.9. The Kier molecular flexibility index (Phi) is 5.36. The Hall–Kier alpha value is -2.39. The van der Waals surface area contributed by atoms with E-state index >= 15 is 0 Å². The van der Waals surface area contributed by atoms with Crippen molar-refractivity contribution in [3.63, 3.8) is 0 Å². The predicted octanol–water partition coefficient (Wildman–Crippen LogP) is 3.79. The Morgan fingerprint density at radius 2 is 1.97 bits per heavy atom. The van der Waals surface area contributed by atoms with Crippen LogP contribution in [0.2, 0.25) is 0 Å². The summed E-state index contributed by atoms with van der Waals surface area (Å²) >= 11 is 3.43. The Balaban J connectivity index is 2.03. The van der Waals surface area contributed by atoms with Crippen molar-refractivity contribution in [3.05, 3.63) is 52.1 Å². The number of rotatable bonds is 3. The minimum Gasteiger partial charge on any atom is -0.355 e. The third-order valence-corrected chi connectivity index (χ3v) is 7.26. The average molecular weight is 491 g/mol. The number of benzene rings is 1. The second-order valence-corrected chi connectivity index (χ2v) is 10.5. The summed E-state index contributed by atoms with van der Waals surface area (Å²) in [5.41, 5.74) is 4.05. The number of nitrogens with one attached hydrogen (secondary N) is 1. The summed E-state index contributed by atoms with van der Waals surface area (Å²) in [6.07, 6.45) is 4.61. The largest absolute Gasteiger partial charge is 0.355 e. The first-order valence-electron chi connectivity index (χ1n) is 9.72. The zero-order valence-electron chi connectivity index (χ0n) is 17.0. The van der Waals surface area contributed by atoms with Gasteiger partial charge in [0.15, 0.2) is 0 Å². The lowest BCUT2D eigenvalue weighted by Gasteiger charge is -2.23. The molecule has 0 saturated heterocycles. The van der Waals surface area contributed by atoms with E-state index < -0.39 is 10.0 Å². The zero-order valence-corrected chi connectivity index (χ0v) is 19.4. The van der Waals surface area contributed by atoms with Gasteiger partial charge in [0, 0.05) is 23.6 Å². The Labute approximate surface area is 184 Å². The molecule has 1 aromatic carbocycles. The van der Waals surface area contributed by atoms with E-state index in [1.165, 1.54) is 10.6 Å². The minimum atomic E-state index is -3.43. The molecule has 0 fully saturated rings. The number of halogens is 1. The SMILES string of the molecule is CNC(=O)c1c(-c2ccc(Br)cc2)nn2cc3c(cc12)C(C)CCCN3S(C)(=O)=O. The van der Waals surface area contributed by atoms with Crippen molar-refractivity contribution in [2.45, 2.75) is 25.7 Å². The minimum absolute atomic E-state index is 0.167. The Morgan fingerprint density at radius 1 is 1.27 bits per heavy atom. The molecule has 1 amide bonds. The van der Waals surface area contributed by atoms with Gasteiger partial charge in [-0.1, -0.05) is 35.0 Å². The number of carbonyl (C=O) groups is 1. The number of hydrogen-bond acceptors (Lipinski definition) is 4. The number of anilines is 1. The van der Waals surface area contributed by atoms with E-state index in [-0.39, 0.29) is 11.8 Å². The number of sulfonamides is 1. The van der Waals surface area contributed by atoms with Crippen molar-refractivity contribution >= 4 is 43.1 Å². The molecule has 0 spiro atoms. The van der Waals surface area contributed by atoms with Crippen molar-refractivity contribution in [1.82, 2.24) is 14.9 Å². The standard InChI is InChI=1S/C21H23BrN4O3S/c1-13-5-4-10-26(30(3,28)29)18-12-25-17(11-16(13)18)19(21(27)23-2)20(24-25)14-6-8-15(22)9-7-14/h6-9,11-13H,4-5,10H2,1-3H3,(H,23,27). The lowest BCUT2D eigenvalue weighted by Crippen LogP contribution is -2.31. The number of hydrogen-bond donors (Lipinski definition) is 1. The molecule has 1 N–H and O–H groups in total. The van der Waals surface area contributed by atoms with E-state index in [4.69, 9.17) is 0 Å². The first kappa shape index (κ1) is 20.9. The van der Waals surface area contributed by atoms with Gasteiger partial charge >= 0.3 is 0 Å². The van der Waals surface area contributed by atoms with Gasteiger partial charge in [-0.15, -0.1) is 0 Å². The van der Waals surface area contributed by atoms with Crippen LogP contribution in [0.4, 0.5) is 5.69 Å².